The second-order valence-corrected chi connectivity index (χ2v) is 8.17. The lowest BCUT2D eigenvalue weighted by molar-refractivity contribution is -0.230. The number of hydrogen-bond acceptors (Lipinski definition) is 4. The van der Waals surface area contributed by atoms with E-state index in [0.717, 1.165) is 18.9 Å². The molecule has 0 heterocycles. The van der Waals surface area contributed by atoms with Crippen LogP contribution in [0.1, 0.15) is 30.1 Å². The van der Waals surface area contributed by atoms with E-state index in [9.17, 15) is 23.1 Å². The van der Waals surface area contributed by atoms with Gasteiger partial charge in [0, 0.05) is 9.49 Å². The average molecular weight is 527 g/mol. The van der Waals surface area contributed by atoms with Crippen LogP contribution in [0.3, 0.4) is 0 Å². The normalized spacial score (nSPS) is 15.8. The van der Waals surface area contributed by atoms with Gasteiger partial charge >= 0.3 is 0 Å². The maximum Gasteiger partial charge on any atom is 0.277 e. The molecule has 1 aliphatic carbocycles. The molecule has 1 amide bonds. The van der Waals surface area contributed by atoms with E-state index >= 15 is 0 Å². The van der Waals surface area contributed by atoms with Gasteiger partial charge in [-0.25, -0.2) is 23.5 Å². The van der Waals surface area contributed by atoms with Crippen molar-refractivity contribution in [1.82, 2.24) is 5.48 Å². The highest BCUT2D eigenvalue weighted by Gasteiger charge is 2.42. The Labute approximate surface area is 177 Å². The monoisotopic (exact) mass is 526 g/mol. The van der Waals surface area contributed by atoms with Crippen LogP contribution in [0.5, 0.6) is 0 Å². The Morgan fingerprint density at radius 3 is 2.57 bits per heavy atom. The third-order valence-electron chi connectivity index (χ3n) is 4.28. The van der Waals surface area contributed by atoms with Crippen LogP contribution in [0.15, 0.2) is 24.3 Å². The van der Waals surface area contributed by atoms with Gasteiger partial charge < -0.3 is 10.4 Å². The van der Waals surface area contributed by atoms with Crippen molar-refractivity contribution in [2.45, 2.75) is 25.6 Å². The number of amides is 1. The third kappa shape index (κ3) is 4.53. The quantitative estimate of drug-likeness (QED) is 0.217. The van der Waals surface area contributed by atoms with Crippen molar-refractivity contribution in [2.75, 3.05) is 5.32 Å². The minimum absolute atomic E-state index is 0.139. The van der Waals surface area contributed by atoms with Crippen LogP contribution >= 0.6 is 34.2 Å². The van der Waals surface area contributed by atoms with E-state index < -0.39 is 45.4 Å². The molecule has 3 N–H and O–H groups in total. The van der Waals surface area contributed by atoms with Gasteiger partial charge in [0.2, 0.25) is 0 Å². The smallest absolute Gasteiger partial charge is 0.277 e. The topological polar surface area (TPSA) is 70.6 Å². The molecule has 28 heavy (non-hydrogen) atoms. The van der Waals surface area contributed by atoms with Crippen LogP contribution in [0.2, 0.25) is 5.02 Å². The standard InChI is InChI=1S/C18H15ClF3IN2O3/c1-18(27,8-2-3-8)28-25-17(26)10-7-11(19)14(21)15(22)16(10)24-13-5-4-9(23)6-12(13)20/h4-8,24,27H,2-3H2,1H3,(H,25,26). The highest BCUT2D eigenvalue weighted by molar-refractivity contribution is 14.1. The van der Waals surface area contributed by atoms with E-state index in [2.05, 4.69) is 5.32 Å². The molecule has 2 aromatic rings. The van der Waals surface area contributed by atoms with Crippen LogP contribution in [0, 0.1) is 26.9 Å². The zero-order valence-corrected chi connectivity index (χ0v) is 17.4. The molecule has 2 aromatic carbocycles. The van der Waals surface area contributed by atoms with E-state index in [0.29, 0.717) is 3.57 Å². The molecule has 1 atom stereocenters. The van der Waals surface area contributed by atoms with Crippen molar-refractivity contribution in [1.29, 1.82) is 0 Å². The Morgan fingerprint density at radius 2 is 1.96 bits per heavy atom. The van der Waals surface area contributed by atoms with Gasteiger partial charge in [-0.15, -0.1) is 0 Å². The van der Waals surface area contributed by atoms with Crippen molar-refractivity contribution in [3.05, 3.63) is 55.9 Å². The summed E-state index contributed by atoms with van der Waals surface area (Å²) >= 11 is 7.54. The Kier molecular flexibility index (Phi) is 6.08. The van der Waals surface area contributed by atoms with Crippen molar-refractivity contribution in [3.63, 3.8) is 0 Å². The number of rotatable bonds is 6. The molecule has 0 bridgehead atoms. The summed E-state index contributed by atoms with van der Waals surface area (Å²) in [5.74, 6) is -6.30. The minimum Gasteiger partial charge on any atom is -0.364 e. The van der Waals surface area contributed by atoms with Crippen LogP contribution in [-0.2, 0) is 4.84 Å². The Hall–Kier alpha value is -1.56. The molecular weight excluding hydrogens is 512 g/mol. The largest absolute Gasteiger partial charge is 0.364 e. The Bertz CT molecular complexity index is 939. The predicted molar refractivity (Wildman–Crippen MR) is 106 cm³/mol. The number of nitrogens with one attached hydrogen (secondary N) is 2. The first-order chi connectivity index (χ1) is 13.1. The zero-order valence-electron chi connectivity index (χ0n) is 14.5. The summed E-state index contributed by atoms with van der Waals surface area (Å²) in [7, 11) is 0. The Balaban J connectivity index is 1.92. The van der Waals surface area contributed by atoms with Gasteiger partial charge in [0.15, 0.2) is 17.4 Å². The summed E-state index contributed by atoms with van der Waals surface area (Å²) < 4.78 is 43.1. The predicted octanol–water partition coefficient (Wildman–Crippen LogP) is 4.89. The van der Waals surface area contributed by atoms with Gasteiger partial charge in [-0.3, -0.25) is 4.79 Å². The van der Waals surface area contributed by atoms with Crippen molar-refractivity contribution >= 4 is 51.5 Å². The second kappa shape index (κ2) is 8.05. The van der Waals surface area contributed by atoms with Gasteiger partial charge in [0.25, 0.3) is 5.91 Å². The van der Waals surface area contributed by atoms with E-state index in [1.807, 2.05) is 28.1 Å². The van der Waals surface area contributed by atoms with Gasteiger partial charge in [-0.05, 0) is 66.6 Å². The lowest BCUT2D eigenvalue weighted by Gasteiger charge is -2.23. The van der Waals surface area contributed by atoms with Gasteiger partial charge in [-0.1, -0.05) is 11.6 Å². The maximum absolute atomic E-state index is 14.5. The second-order valence-electron chi connectivity index (χ2n) is 6.52. The number of anilines is 2. The number of hydroxylamine groups is 1. The molecule has 0 radical (unpaired) electrons. The lowest BCUT2D eigenvalue weighted by atomic mass is 10.1. The number of halogens is 5. The summed E-state index contributed by atoms with van der Waals surface area (Å²) in [6, 6.07) is 4.94. The highest BCUT2D eigenvalue weighted by Crippen LogP contribution is 2.39. The number of aliphatic hydroxyl groups is 1. The summed E-state index contributed by atoms with van der Waals surface area (Å²) in [4.78, 5) is 17.5. The molecule has 1 saturated carbocycles. The number of hydrogen-bond donors (Lipinski definition) is 3. The molecule has 1 aliphatic rings. The summed E-state index contributed by atoms with van der Waals surface area (Å²) in [5.41, 5.74) is 0.808. The van der Waals surface area contributed by atoms with Crippen LogP contribution < -0.4 is 10.8 Å². The highest BCUT2D eigenvalue weighted by atomic mass is 127. The zero-order chi connectivity index (χ0) is 20.6. The van der Waals surface area contributed by atoms with Crippen molar-refractivity contribution in [3.8, 4) is 0 Å². The molecule has 3 rings (SSSR count). The summed E-state index contributed by atoms with van der Waals surface area (Å²) in [6.45, 7) is 1.38. The molecule has 0 saturated heterocycles. The van der Waals surface area contributed by atoms with Crippen LogP contribution in [-0.4, -0.2) is 16.8 Å². The molecule has 150 valence electrons. The fourth-order valence-corrected chi connectivity index (χ4v) is 3.17. The van der Waals surface area contributed by atoms with E-state index in [-0.39, 0.29) is 11.6 Å². The first kappa shape index (κ1) is 21.2. The maximum atomic E-state index is 14.5. The molecule has 10 heteroatoms. The number of carbonyl (C=O) groups excluding carboxylic acids is 1. The summed E-state index contributed by atoms with van der Waals surface area (Å²) in [5, 5.41) is 11.9. The van der Waals surface area contributed by atoms with Crippen LogP contribution in [0.4, 0.5) is 24.5 Å². The van der Waals surface area contributed by atoms with Crippen LogP contribution in [0.25, 0.3) is 0 Å². The van der Waals surface area contributed by atoms with E-state index in [1.165, 1.54) is 19.1 Å². The molecule has 1 unspecified atom stereocenters. The van der Waals surface area contributed by atoms with E-state index in [4.69, 9.17) is 16.4 Å². The minimum atomic E-state index is -1.60. The SMILES string of the molecule is CC(O)(ONC(=O)c1cc(Cl)c(F)c(F)c1Nc1ccc(I)cc1F)C1CC1. The first-order valence-corrected chi connectivity index (χ1v) is 9.66. The average Bonchev–Trinajstić information content (AvgIpc) is 3.47. The first-order valence-electron chi connectivity index (χ1n) is 8.20. The Morgan fingerprint density at radius 1 is 1.29 bits per heavy atom. The van der Waals surface area contributed by atoms with Gasteiger partial charge in [0.05, 0.1) is 22.0 Å². The molecule has 5 nitrogen and oxygen atoms in total. The van der Waals surface area contributed by atoms with Crippen molar-refractivity contribution < 1.29 is 27.9 Å². The van der Waals surface area contributed by atoms with Gasteiger partial charge in [-0.2, -0.15) is 0 Å². The molecule has 0 spiro atoms. The molecular formula is C18H15ClF3IN2O3. The fraction of sp³-hybridized carbons (Fsp3) is 0.278. The van der Waals surface area contributed by atoms with Crippen molar-refractivity contribution in [2.24, 2.45) is 5.92 Å². The lowest BCUT2D eigenvalue weighted by Crippen LogP contribution is -2.40. The number of carbonyl (C=O) groups is 1. The fourth-order valence-electron chi connectivity index (χ4n) is 2.53. The third-order valence-corrected chi connectivity index (χ3v) is 5.23. The summed E-state index contributed by atoms with van der Waals surface area (Å²) in [6.07, 6.45) is 1.47. The van der Waals surface area contributed by atoms with E-state index in [1.54, 1.807) is 6.07 Å². The molecule has 0 aromatic heterocycles. The van der Waals surface area contributed by atoms with Gasteiger partial charge in [0.1, 0.15) is 5.82 Å². The molecule has 0 aliphatic heterocycles. The molecule has 1 fully saturated rings. The number of benzene rings is 2.